The fraction of sp³-hybridized carbons (Fsp3) is 0.0909. The highest BCUT2D eigenvalue weighted by Crippen LogP contribution is 2.25. The number of anilines is 2. The molecule has 0 aliphatic rings. The van der Waals surface area contributed by atoms with E-state index in [2.05, 4.69) is 47.1 Å². The van der Waals surface area contributed by atoms with Gasteiger partial charge in [-0.15, -0.1) is 0 Å². The quantitative estimate of drug-likeness (QED) is 0.836. The van der Waals surface area contributed by atoms with Gasteiger partial charge >= 0.3 is 0 Å². The van der Waals surface area contributed by atoms with Crippen LogP contribution in [0.4, 0.5) is 11.5 Å². The number of hydrogen-bond donors (Lipinski definition) is 1. The second kappa shape index (κ2) is 4.93. The predicted molar refractivity (Wildman–Crippen MR) is 71.9 cm³/mol. The highest BCUT2D eigenvalue weighted by atomic mass is 79.9. The first-order valence-corrected chi connectivity index (χ1v) is 6.26. The second-order valence-electron chi connectivity index (χ2n) is 3.23. The molecule has 1 aromatic carbocycles. The van der Waals surface area contributed by atoms with Crippen molar-refractivity contribution in [3.8, 4) is 0 Å². The maximum atomic E-state index is 4.30. The maximum absolute atomic E-state index is 4.30. The lowest BCUT2D eigenvalue weighted by molar-refractivity contribution is 1.04. The number of rotatable bonds is 2. The second-order valence-corrected chi connectivity index (χ2v) is 4.89. The van der Waals surface area contributed by atoms with Crippen LogP contribution < -0.4 is 5.32 Å². The summed E-state index contributed by atoms with van der Waals surface area (Å²) >= 11 is 6.82. The monoisotopic (exact) mass is 341 g/mol. The molecule has 0 aliphatic heterocycles. The number of halogens is 2. The number of nitrogens with one attached hydrogen (secondary N) is 1. The molecule has 16 heavy (non-hydrogen) atoms. The Balaban J connectivity index is 2.30. The normalized spacial score (nSPS) is 10.2. The molecule has 1 N–H and O–H groups in total. The van der Waals surface area contributed by atoms with Crippen LogP contribution in [0.2, 0.25) is 0 Å². The summed E-state index contributed by atoms with van der Waals surface area (Å²) in [4.78, 5) is 8.45. The standard InChI is InChI=1S/C11H9Br2N3/c1-7-14-10(13)6-11(15-7)16-9-5-3-2-4-8(9)12/h2-6H,1H3,(H,14,15,16). The largest absolute Gasteiger partial charge is 0.339 e. The number of aromatic nitrogens is 2. The van der Waals surface area contributed by atoms with Crippen molar-refractivity contribution in [2.45, 2.75) is 6.92 Å². The number of hydrogen-bond acceptors (Lipinski definition) is 3. The van der Waals surface area contributed by atoms with Gasteiger partial charge in [0.25, 0.3) is 0 Å². The first kappa shape index (κ1) is 11.5. The van der Waals surface area contributed by atoms with Crippen LogP contribution in [0.5, 0.6) is 0 Å². The van der Waals surface area contributed by atoms with Gasteiger partial charge in [-0.2, -0.15) is 0 Å². The average molecular weight is 343 g/mol. The summed E-state index contributed by atoms with van der Waals surface area (Å²) in [7, 11) is 0. The van der Waals surface area contributed by atoms with E-state index in [9.17, 15) is 0 Å². The van der Waals surface area contributed by atoms with Gasteiger partial charge in [0.1, 0.15) is 16.2 Å². The summed E-state index contributed by atoms with van der Waals surface area (Å²) in [5.41, 5.74) is 0.979. The van der Waals surface area contributed by atoms with Crippen molar-refractivity contribution < 1.29 is 0 Å². The van der Waals surface area contributed by atoms with E-state index in [0.29, 0.717) is 0 Å². The van der Waals surface area contributed by atoms with Crippen LogP contribution in [0.25, 0.3) is 0 Å². The van der Waals surface area contributed by atoms with E-state index in [0.717, 1.165) is 26.4 Å². The van der Waals surface area contributed by atoms with Crippen LogP contribution in [-0.4, -0.2) is 9.97 Å². The fourth-order valence-electron chi connectivity index (χ4n) is 1.30. The van der Waals surface area contributed by atoms with Crippen molar-refractivity contribution >= 4 is 43.4 Å². The lowest BCUT2D eigenvalue weighted by Gasteiger charge is -2.08. The molecule has 0 fully saturated rings. The van der Waals surface area contributed by atoms with Crippen LogP contribution in [0.1, 0.15) is 5.82 Å². The molecule has 0 amide bonds. The molecular formula is C11H9Br2N3. The van der Waals surface area contributed by atoms with Crippen molar-refractivity contribution in [1.82, 2.24) is 9.97 Å². The third-order valence-corrected chi connectivity index (χ3v) is 3.04. The molecule has 2 rings (SSSR count). The Labute approximate surface area is 111 Å². The van der Waals surface area contributed by atoms with Gasteiger partial charge in [0.2, 0.25) is 0 Å². The molecule has 3 nitrogen and oxygen atoms in total. The lowest BCUT2D eigenvalue weighted by atomic mass is 10.3. The summed E-state index contributed by atoms with van der Waals surface area (Å²) < 4.78 is 1.77. The Morgan fingerprint density at radius 3 is 2.56 bits per heavy atom. The fourth-order valence-corrected chi connectivity index (χ4v) is 2.15. The minimum atomic E-state index is 0.726. The van der Waals surface area contributed by atoms with Crippen molar-refractivity contribution in [2.24, 2.45) is 0 Å². The van der Waals surface area contributed by atoms with Crippen molar-refractivity contribution in [3.05, 3.63) is 45.2 Å². The van der Waals surface area contributed by atoms with Crippen LogP contribution in [-0.2, 0) is 0 Å². The van der Waals surface area contributed by atoms with E-state index in [4.69, 9.17) is 0 Å². The van der Waals surface area contributed by atoms with Crippen LogP contribution in [0, 0.1) is 6.92 Å². The van der Waals surface area contributed by atoms with E-state index in [1.165, 1.54) is 0 Å². The topological polar surface area (TPSA) is 37.8 Å². The third kappa shape index (κ3) is 2.80. The van der Waals surface area contributed by atoms with Gasteiger partial charge in [0.15, 0.2) is 0 Å². The van der Waals surface area contributed by atoms with E-state index >= 15 is 0 Å². The third-order valence-electron chi connectivity index (χ3n) is 1.94. The van der Waals surface area contributed by atoms with Gasteiger partial charge in [-0.05, 0) is 50.9 Å². The summed E-state index contributed by atoms with van der Waals surface area (Å²) in [6.07, 6.45) is 0. The van der Waals surface area contributed by atoms with Crippen LogP contribution in [0.3, 0.4) is 0 Å². The maximum Gasteiger partial charge on any atom is 0.135 e. The molecule has 2 aromatic rings. The molecule has 0 unspecified atom stereocenters. The smallest absolute Gasteiger partial charge is 0.135 e. The molecule has 0 saturated carbocycles. The number of nitrogens with zero attached hydrogens (tertiary/aromatic N) is 2. The number of aryl methyl sites for hydroxylation is 1. The first-order valence-electron chi connectivity index (χ1n) is 4.68. The number of para-hydroxylation sites is 1. The van der Waals surface area contributed by atoms with Crippen molar-refractivity contribution in [2.75, 3.05) is 5.32 Å². The van der Waals surface area contributed by atoms with Crippen LogP contribution >= 0.6 is 31.9 Å². The van der Waals surface area contributed by atoms with Gasteiger partial charge in [0.05, 0.1) is 5.69 Å². The van der Waals surface area contributed by atoms with E-state index < -0.39 is 0 Å². The van der Waals surface area contributed by atoms with E-state index in [1.54, 1.807) is 0 Å². The molecule has 1 heterocycles. The zero-order valence-corrected chi connectivity index (χ0v) is 11.7. The van der Waals surface area contributed by atoms with Crippen molar-refractivity contribution in [3.63, 3.8) is 0 Å². The summed E-state index contributed by atoms with van der Waals surface area (Å²) in [6, 6.07) is 9.74. The Hall–Kier alpha value is -0.940. The average Bonchev–Trinajstić information content (AvgIpc) is 2.20. The van der Waals surface area contributed by atoms with Crippen molar-refractivity contribution in [1.29, 1.82) is 0 Å². The van der Waals surface area contributed by atoms with E-state index in [1.807, 2.05) is 37.3 Å². The summed E-state index contributed by atoms with van der Waals surface area (Å²) in [6.45, 7) is 1.86. The molecule has 82 valence electrons. The minimum absolute atomic E-state index is 0.726. The van der Waals surface area contributed by atoms with Gasteiger partial charge in [-0.25, -0.2) is 9.97 Å². The molecule has 0 radical (unpaired) electrons. The first-order chi connectivity index (χ1) is 7.65. The Kier molecular flexibility index (Phi) is 3.56. The molecule has 0 spiro atoms. The Morgan fingerprint density at radius 2 is 1.88 bits per heavy atom. The van der Waals surface area contributed by atoms with Gasteiger partial charge in [0, 0.05) is 10.5 Å². The highest BCUT2D eigenvalue weighted by Gasteiger charge is 2.02. The zero-order chi connectivity index (χ0) is 11.5. The molecule has 0 aliphatic carbocycles. The highest BCUT2D eigenvalue weighted by molar-refractivity contribution is 9.10. The van der Waals surface area contributed by atoms with Gasteiger partial charge in [-0.3, -0.25) is 0 Å². The predicted octanol–water partition coefficient (Wildman–Crippen LogP) is 4.05. The zero-order valence-electron chi connectivity index (χ0n) is 8.54. The molecule has 0 saturated heterocycles. The summed E-state index contributed by atoms with van der Waals surface area (Å²) in [5.74, 6) is 1.50. The van der Waals surface area contributed by atoms with Gasteiger partial charge < -0.3 is 5.32 Å². The Bertz CT molecular complexity index is 494. The lowest BCUT2D eigenvalue weighted by Crippen LogP contribution is -1.97. The molecule has 0 bridgehead atoms. The molecule has 5 heteroatoms. The summed E-state index contributed by atoms with van der Waals surface area (Å²) in [5, 5.41) is 3.23. The Morgan fingerprint density at radius 1 is 1.12 bits per heavy atom. The molecule has 0 atom stereocenters. The van der Waals surface area contributed by atoms with Gasteiger partial charge in [-0.1, -0.05) is 12.1 Å². The minimum Gasteiger partial charge on any atom is -0.339 e. The molecule has 1 aromatic heterocycles. The molecular weight excluding hydrogens is 334 g/mol. The van der Waals surface area contributed by atoms with E-state index in [-0.39, 0.29) is 0 Å². The number of benzene rings is 1. The van der Waals surface area contributed by atoms with Crippen LogP contribution in [0.15, 0.2) is 39.4 Å². The SMILES string of the molecule is Cc1nc(Br)cc(Nc2ccccc2Br)n1.